The smallest absolute Gasteiger partial charge is 0.315 e. The van der Waals surface area contributed by atoms with Gasteiger partial charge in [0.15, 0.2) is 0 Å². The normalized spacial score (nSPS) is 26.2. The van der Waals surface area contributed by atoms with E-state index in [0.717, 1.165) is 6.42 Å². The first-order valence-corrected chi connectivity index (χ1v) is 8.18. The monoisotopic (exact) mass is 317 g/mol. The number of hydrogen-bond donors (Lipinski definition) is 3. The Hall–Kier alpha value is -2.08. The van der Waals surface area contributed by atoms with Gasteiger partial charge in [0.1, 0.15) is 0 Å². The number of urea groups is 1. The Kier molecular flexibility index (Phi) is 4.81. The maximum absolute atomic E-state index is 12.2. The van der Waals surface area contributed by atoms with Crippen molar-refractivity contribution in [1.82, 2.24) is 15.5 Å². The van der Waals surface area contributed by atoms with E-state index in [1.165, 1.54) is 5.56 Å². The third kappa shape index (κ3) is 3.82. The number of carbonyl (C=O) groups excluding carboxylic acids is 2. The van der Waals surface area contributed by atoms with E-state index in [0.29, 0.717) is 31.8 Å². The molecule has 124 valence electrons. The zero-order valence-electron chi connectivity index (χ0n) is 13.1. The summed E-state index contributed by atoms with van der Waals surface area (Å²) in [5, 5.41) is 14.2. The quantitative estimate of drug-likeness (QED) is 0.680. The van der Waals surface area contributed by atoms with Gasteiger partial charge in [0.2, 0.25) is 5.91 Å². The molecule has 3 rings (SSSR count). The van der Waals surface area contributed by atoms with Gasteiger partial charge in [-0.25, -0.2) is 4.79 Å². The highest BCUT2D eigenvalue weighted by molar-refractivity contribution is 5.82. The zero-order chi connectivity index (χ0) is 16.2. The van der Waals surface area contributed by atoms with Crippen LogP contribution in [0.25, 0.3) is 0 Å². The molecule has 0 unspecified atom stereocenters. The van der Waals surface area contributed by atoms with E-state index in [2.05, 4.69) is 22.8 Å². The predicted octanol–water partition coefficient (Wildman–Crippen LogP) is 0.825. The minimum atomic E-state index is -0.270. The van der Waals surface area contributed by atoms with E-state index in [9.17, 15) is 9.59 Å². The van der Waals surface area contributed by atoms with E-state index < -0.39 is 0 Å². The number of hydrogen-bond acceptors (Lipinski definition) is 3. The van der Waals surface area contributed by atoms with Crippen molar-refractivity contribution in [1.29, 1.82) is 0 Å². The molecule has 23 heavy (non-hydrogen) atoms. The molecular formula is C17H23N3O3. The second-order valence-electron chi connectivity index (χ2n) is 6.24. The summed E-state index contributed by atoms with van der Waals surface area (Å²) < 4.78 is 0. The molecule has 6 heteroatoms. The lowest BCUT2D eigenvalue weighted by Crippen LogP contribution is -2.44. The molecule has 1 aromatic carbocycles. The number of amides is 3. The molecule has 0 radical (unpaired) electrons. The Balaban J connectivity index is 1.48. The Bertz CT molecular complexity index is 563. The first-order valence-electron chi connectivity index (χ1n) is 8.18. The standard InChI is InChI=1S/C17H23N3O3/c21-8-4-7-18-17(23)19-13-9-16(22)20(11-13)15-10-14(15)12-5-2-1-3-6-12/h1-3,5-6,13-15,21H,4,7-11H2,(H2,18,19,23)/t13-,14+,15+/m1/s1. The van der Waals surface area contributed by atoms with Crippen LogP contribution in [0.5, 0.6) is 0 Å². The average Bonchev–Trinajstić information content (AvgIpc) is 3.26. The molecule has 0 spiro atoms. The molecular weight excluding hydrogens is 294 g/mol. The Morgan fingerprint density at radius 3 is 2.83 bits per heavy atom. The van der Waals surface area contributed by atoms with Crippen LogP contribution in [0, 0.1) is 0 Å². The highest BCUT2D eigenvalue weighted by Gasteiger charge is 2.47. The maximum Gasteiger partial charge on any atom is 0.315 e. The number of aliphatic hydroxyl groups is 1. The Labute approximate surface area is 135 Å². The molecule has 1 aliphatic carbocycles. The number of likely N-dealkylation sites (tertiary alicyclic amines) is 1. The van der Waals surface area contributed by atoms with Crippen molar-refractivity contribution in [3.63, 3.8) is 0 Å². The van der Waals surface area contributed by atoms with Gasteiger partial charge in [-0.3, -0.25) is 4.79 Å². The summed E-state index contributed by atoms with van der Waals surface area (Å²) in [6, 6.07) is 10.1. The van der Waals surface area contributed by atoms with Crippen LogP contribution >= 0.6 is 0 Å². The van der Waals surface area contributed by atoms with Crippen LogP contribution < -0.4 is 10.6 Å². The minimum Gasteiger partial charge on any atom is -0.396 e. The van der Waals surface area contributed by atoms with E-state index in [1.54, 1.807) is 0 Å². The van der Waals surface area contributed by atoms with Crippen LogP contribution in [-0.4, -0.2) is 53.7 Å². The second kappa shape index (κ2) is 7.00. The van der Waals surface area contributed by atoms with E-state index >= 15 is 0 Å². The molecule has 6 nitrogen and oxygen atoms in total. The molecule has 1 aromatic rings. The lowest BCUT2D eigenvalue weighted by Gasteiger charge is -2.17. The van der Waals surface area contributed by atoms with Crippen molar-refractivity contribution in [2.24, 2.45) is 0 Å². The van der Waals surface area contributed by atoms with Crippen LogP contribution in [0.4, 0.5) is 4.79 Å². The third-order valence-corrected chi connectivity index (χ3v) is 4.50. The molecule has 3 N–H and O–H groups in total. The third-order valence-electron chi connectivity index (χ3n) is 4.50. The van der Waals surface area contributed by atoms with Crippen molar-refractivity contribution in [3.8, 4) is 0 Å². The first kappa shape index (κ1) is 15.8. The molecule has 1 saturated carbocycles. The lowest BCUT2D eigenvalue weighted by molar-refractivity contribution is -0.128. The fourth-order valence-corrected chi connectivity index (χ4v) is 3.25. The van der Waals surface area contributed by atoms with Gasteiger partial charge in [-0.2, -0.15) is 0 Å². The van der Waals surface area contributed by atoms with Gasteiger partial charge in [-0.05, 0) is 18.4 Å². The summed E-state index contributed by atoms with van der Waals surface area (Å²) in [5.74, 6) is 0.548. The second-order valence-corrected chi connectivity index (χ2v) is 6.24. The summed E-state index contributed by atoms with van der Waals surface area (Å²) in [7, 11) is 0. The van der Waals surface area contributed by atoms with Crippen LogP contribution in [0.2, 0.25) is 0 Å². The largest absolute Gasteiger partial charge is 0.396 e. The summed E-state index contributed by atoms with van der Waals surface area (Å²) in [6.07, 6.45) is 1.90. The average molecular weight is 317 g/mol. The molecule has 0 bridgehead atoms. The SMILES string of the molecule is O=C(NCCCO)N[C@@H]1CC(=O)N([C@H]2C[C@H]2c2ccccc2)C1. The molecule has 2 fully saturated rings. The zero-order valence-corrected chi connectivity index (χ0v) is 13.1. The van der Waals surface area contributed by atoms with Crippen molar-refractivity contribution in [2.75, 3.05) is 19.7 Å². The molecule has 1 saturated heterocycles. The predicted molar refractivity (Wildman–Crippen MR) is 85.9 cm³/mol. The number of nitrogens with one attached hydrogen (secondary N) is 2. The van der Waals surface area contributed by atoms with Crippen LogP contribution in [0.3, 0.4) is 0 Å². The van der Waals surface area contributed by atoms with Gasteiger partial charge in [0.05, 0.1) is 6.04 Å². The molecule has 1 heterocycles. The van der Waals surface area contributed by atoms with Crippen molar-refractivity contribution in [3.05, 3.63) is 35.9 Å². The molecule has 0 aromatic heterocycles. The highest BCUT2D eigenvalue weighted by atomic mass is 16.3. The number of rotatable bonds is 6. The van der Waals surface area contributed by atoms with Gasteiger partial charge in [0, 0.05) is 38.1 Å². The van der Waals surface area contributed by atoms with Crippen LogP contribution in [0.15, 0.2) is 30.3 Å². The van der Waals surface area contributed by atoms with Crippen molar-refractivity contribution in [2.45, 2.75) is 37.3 Å². The summed E-state index contributed by atoms with van der Waals surface area (Å²) in [6.45, 7) is 1.07. The topological polar surface area (TPSA) is 81.7 Å². The van der Waals surface area contributed by atoms with Gasteiger partial charge >= 0.3 is 6.03 Å². The van der Waals surface area contributed by atoms with Gasteiger partial charge in [0.25, 0.3) is 0 Å². The molecule has 3 atom stereocenters. The van der Waals surface area contributed by atoms with Gasteiger partial charge in [-0.15, -0.1) is 0 Å². The van der Waals surface area contributed by atoms with Gasteiger partial charge < -0.3 is 20.6 Å². The van der Waals surface area contributed by atoms with E-state index in [1.807, 2.05) is 23.1 Å². The Morgan fingerprint density at radius 2 is 2.09 bits per heavy atom. The van der Waals surface area contributed by atoms with Crippen LogP contribution in [0.1, 0.15) is 30.7 Å². The highest BCUT2D eigenvalue weighted by Crippen LogP contribution is 2.45. The molecule has 1 aliphatic heterocycles. The fraction of sp³-hybridized carbons (Fsp3) is 0.529. The van der Waals surface area contributed by atoms with E-state index in [4.69, 9.17) is 5.11 Å². The summed E-state index contributed by atoms with van der Waals surface area (Å²) in [5.41, 5.74) is 1.28. The minimum absolute atomic E-state index is 0.0541. The number of carbonyl (C=O) groups is 2. The van der Waals surface area contributed by atoms with Crippen molar-refractivity contribution >= 4 is 11.9 Å². The fourth-order valence-electron chi connectivity index (χ4n) is 3.25. The molecule has 3 amide bonds. The van der Waals surface area contributed by atoms with E-state index in [-0.39, 0.29) is 30.6 Å². The number of aliphatic hydroxyl groups excluding tert-OH is 1. The van der Waals surface area contributed by atoms with Crippen LogP contribution in [-0.2, 0) is 4.79 Å². The maximum atomic E-state index is 12.2. The Morgan fingerprint density at radius 1 is 1.30 bits per heavy atom. The first-order chi connectivity index (χ1) is 11.2. The summed E-state index contributed by atoms with van der Waals surface area (Å²) >= 11 is 0. The number of benzene rings is 1. The summed E-state index contributed by atoms with van der Waals surface area (Å²) in [4.78, 5) is 25.8. The van der Waals surface area contributed by atoms with Crippen molar-refractivity contribution < 1.29 is 14.7 Å². The number of nitrogens with zero attached hydrogens (tertiary/aromatic N) is 1. The lowest BCUT2D eigenvalue weighted by atomic mass is 10.1. The van der Waals surface area contributed by atoms with Gasteiger partial charge in [-0.1, -0.05) is 30.3 Å². The molecule has 2 aliphatic rings.